The maximum atomic E-state index is 13.2. The molecular formula is C24H29ClF2N6O. The van der Waals surface area contributed by atoms with Gasteiger partial charge in [0.05, 0.1) is 46.9 Å². The van der Waals surface area contributed by atoms with Crippen molar-refractivity contribution in [2.45, 2.75) is 43.7 Å². The van der Waals surface area contributed by atoms with Crippen molar-refractivity contribution in [3.63, 3.8) is 0 Å². The number of halogens is 3. The number of nitrogens with zero attached hydrogens (tertiary/aromatic N) is 4. The van der Waals surface area contributed by atoms with E-state index in [0.29, 0.717) is 29.8 Å². The van der Waals surface area contributed by atoms with Crippen LogP contribution in [0.2, 0.25) is 5.02 Å². The number of ether oxygens (including phenoxy) is 1. The van der Waals surface area contributed by atoms with Crippen molar-refractivity contribution in [3.8, 4) is 0 Å². The van der Waals surface area contributed by atoms with Crippen molar-refractivity contribution < 1.29 is 13.5 Å². The number of piperazine rings is 1. The van der Waals surface area contributed by atoms with Gasteiger partial charge in [-0.15, -0.1) is 0 Å². The van der Waals surface area contributed by atoms with E-state index in [1.807, 2.05) is 23.0 Å². The van der Waals surface area contributed by atoms with Crippen LogP contribution in [0.15, 0.2) is 24.5 Å². The average molecular weight is 491 g/mol. The van der Waals surface area contributed by atoms with Crippen molar-refractivity contribution in [1.82, 2.24) is 14.7 Å². The van der Waals surface area contributed by atoms with Crippen LogP contribution in [0, 0.1) is 10.8 Å². The lowest BCUT2D eigenvalue weighted by atomic mass is 9.39. The van der Waals surface area contributed by atoms with Crippen LogP contribution in [0.25, 0.3) is 0 Å². The molecule has 2 N–H and O–H groups in total. The molecule has 34 heavy (non-hydrogen) atoms. The van der Waals surface area contributed by atoms with E-state index in [1.165, 1.54) is 6.21 Å². The molecule has 0 atom stereocenters. The first kappa shape index (κ1) is 22.2. The Hall–Kier alpha value is -2.23. The fourth-order valence-corrected chi connectivity index (χ4v) is 6.49. The summed E-state index contributed by atoms with van der Waals surface area (Å²) >= 11 is 6.63. The van der Waals surface area contributed by atoms with Crippen LogP contribution < -0.4 is 10.2 Å². The molecule has 7 rings (SSSR count). The first-order chi connectivity index (χ1) is 16.3. The summed E-state index contributed by atoms with van der Waals surface area (Å²) in [6.45, 7) is 7.44. The van der Waals surface area contributed by atoms with Gasteiger partial charge in [0.1, 0.15) is 0 Å². The van der Waals surface area contributed by atoms with Crippen LogP contribution in [0.5, 0.6) is 0 Å². The Labute approximate surface area is 202 Å². The standard InChI is InChI=1S/C24H29ClF2N6O/c1-22(14-34-15-22)32-4-2-31(3-5-32)20-7-19(16(8-28)6-18(20)25)30-17-9-29-33(10-17)24-11-23(12-24,13-24)21(26)27/h6-10,21,28,30H,2-5,11-15H2,1H3. The molecule has 0 unspecified atom stereocenters. The van der Waals surface area contributed by atoms with Gasteiger partial charge in [-0.05, 0) is 38.3 Å². The van der Waals surface area contributed by atoms with E-state index < -0.39 is 11.8 Å². The third-order valence-electron chi connectivity index (χ3n) is 8.34. The summed E-state index contributed by atoms with van der Waals surface area (Å²) in [5.74, 6) is 0. The normalized spacial score (nSPS) is 29.9. The number of hydrogen-bond donors (Lipinski definition) is 2. The molecule has 5 aliphatic rings. The monoisotopic (exact) mass is 490 g/mol. The zero-order chi connectivity index (χ0) is 23.7. The van der Waals surface area contributed by atoms with Crippen LogP contribution >= 0.6 is 11.6 Å². The van der Waals surface area contributed by atoms with Gasteiger partial charge in [0.25, 0.3) is 0 Å². The second-order valence-corrected chi connectivity index (χ2v) is 11.1. The molecule has 1 aromatic carbocycles. The van der Waals surface area contributed by atoms with Crippen LogP contribution in [-0.2, 0) is 10.3 Å². The predicted molar refractivity (Wildman–Crippen MR) is 128 cm³/mol. The van der Waals surface area contributed by atoms with Gasteiger partial charge in [-0.2, -0.15) is 5.10 Å². The number of benzene rings is 1. The van der Waals surface area contributed by atoms with Crippen LogP contribution in [0.4, 0.5) is 25.8 Å². The molecule has 1 aromatic heterocycles. The van der Waals surface area contributed by atoms with Gasteiger partial charge in [-0.25, -0.2) is 8.78 Å². The van der Waals surface area contributed by atoms with Crippen molar-refractivity contribution in [2.24, 2.45) is 5.41 Å². The van der Waals surface area contributed by atoms with Crippen molar-refractivity contribution in [2.75, 3.05) is 49.6 Å². The molecular weight excluding hydrogens is 462 g/mol. The molecule has 3 saturated carbocycles. The van der Waals surface area contributed by atoms with E-state index in [2.05, 4.69) is 27.1 Å². The summed E-state index contributed by atoms with van der Waals surface area (Å²) in [7, 11) is 0. The Bertz CT molecular complexity index is 1100. The highest BCUT2D eigenvalue weighted by Gasteiger charge is 2.73. The predicted octanol–water partition coefficient (Wildman–Crippen LogP) is 4.33. The Kier molecular flexibility index (Phi) is 4.99. The Morgan fingerprint density at radius 2 is 1.88 bits per heavy atom. The molecule has 0 radical (unpaired) electrons. The average Bonchev–Trinajstić information content (AvgIpc) is 3.19. The first-order valence-corrected chi connectivity index (χ1v) is 12.2. The minimum absolute atomic E-state index is 0.141. The first-order valence-electron chi connectivity index (χ1n) is 11.8. The summed E-state index contributed by atoms with van der Waals surface area (Å²) in [5, 5.41) is 16.3. The topological polar surface area (TPSA) is 69.4 Å². The lowest BCUT2D eigenvalue weighted by Gasteiger charge is -2.69. The molecule has 3 heterocycles. The molecule has 0 spiro atoms. The Morgan fingerprint density at radius 1 is 1.18 bits per heavy atom. The van der Waals surface area contributed by atoms with E-state index in [1.54, 1.807) is 6.20 Å². The highest BCUT2D eigenvalue weighted by Crippen LogP contribution is 2.73. The highest BCUT2D eigenvalue weighted by atomic mass is 35.5. The van der Waals surface area contributed by atoms with Gasteiger partial charge in [0.2, 0.25) is 6.43 Å². The molecule has 3 aliphatic carbocycles. The number of alkyl halides is 2. The zero-order valence-electron chi connectivity index (χ0n) is 19.2. The summed E-state index contributed by atoms with van der Waals surface area (Å²) in [6.07, 6.45) is 4.11. The van der Waals surface area contributed by atoms with Crippen LogP contribution in [0.3, 0.4) is 0 Å². The van der Waals surface area contributed by atoms with Crippen molar-refractivity contribution >= 4 is 34.9 Å². The fourth-order valence-electron chi connectivity index (χ4n) is 6.20. The molecule has 2 aromatic rings. The van der Waals surface area contributed by atoms with Gasteiger partial charge in [-0.3, -0.25) is 9.58 Å². The van der Waals surface area contributed by atoms with Gasteiger partial charge >= 0.3 is 0 Å². The molecule has 182 valence electrons. The van der Waals surface area contributed by atoms with E-state index in [9.17, 15) is 8.78 Å². The third-order valence-corrected chi connectivity index (χ3v) is 8.64. The molecule has 10 heteroatoms. The molecule has 2 aliphatic heterocycles. The SMILES string of the molecule is CC1(N2CCN(c3cc(Nc4cnn(C56CC(C(F)F)(C5)C6)c4)c(C=N)cc3Cl)CC2)COC1. The minimum atomic E-state index is -2.25. The van der Waals surface area contributed by atoms with Crippen LogP contribution in [-0.4, -0.2) is 72.3 Å². The summed E-state index contributed by atoms with van der Waals surface area (Å²) < 4.78 is 33.7. The number of rotatable bonds is 7. The number of hydrogen-bond acceptors (Lipinski definition) is 6. The number of nitrogens with one attached hydrogen (secondary N) is 2. The zero-order valence-corrected chi connectivity index (χ0v) is 19.9. The maximum Gasteiger partial charge on any atom is 0.244 e. The van der Waals surface area contributed by atoms with Gasteiger partial charge < -0.3 is 20.4 Å². The third kappa shape index (κ3) is 3.27. The summed E-state index contributed by atoms with van der Waals surface area (Å²) in [5.41, 5.74) is 2.27. The highest BCUT2D eigenvalue weighted by molar-refractivity contribution is 6.33. The Morgan fingerprint density at radius 3 is 2.47 bits per heavy atom. The largest absolute Gasteiger partial charge is 0.377 e. The number of aromatic nitrogens is 2. The van der Waals surface area contributed by atoms with E-state index in [-0.39, 0.29) is 11.1 Å². The molecule has 7 nitrogen and oxygen atoms in total. The molecule has 2 saturated heterocycles. The molecule has 0 amide bonds. The smallest absolute Gasteiger partial charge is 0.244 e. The Balaban J connectivity index is 1.17. The summed E-state index contributed by atoms with van der Waals surface area (Å²) in [6, 6.07) is 3.81. The lowest BCUT2D eigenvalue weighted by molar-refractivity contribution is -0.257. The molecule has 5 fully saturated rings. The van der Waals surface area contributed by atoms with Crippen molar-refractivity contribution in [1.29, 1.82) is 5.41 Å². The van der Waals surface area contributed by atoms with Crippen LogP contribution in [0.1, 0.15) is 31.7 Å². The van der Waals surface area contributed by atoms with E-state index in [0.717, 1.165) is 56.5 Å². The second-order valence-electron chi connectivity index (χ2n) is 10.7. The lowest BCUT2D eigenvalue weighted by Crippen LogP contribution is -2.70. The minimum Gasteiger partial charge on any atom is -0.377 e. The maximum absolute atomic E-state index is 13.2. The summed E-state index contributed by atoms with van der Waals surface area (Å²) in [4.78, 5) is 4.78. The van der Waals surface area contributed by atoms with Crippen molar-refractivity contribution in [3.05, 3.63) is 35.1 Å². The fraction of sp³-hybridized carbons (Fsp3) is 0.583. The number of anilines is 3. The van der Waals surface area contributed by atoms with Gasteiger partial charge in [0, 0.05) is 55.3 Å². The van der Waals surface area contributed by atoms with E-state index in [4.69, 9.17) is 21.7 Å². The van der Waals surface area contributed by atoms with Gasteiger partial charge in [-0.1, -0.05) is 11.6 Å². The van der Waals surface area contributed by atoms with Gasteiger partial charge in [0.15, 0.2) is 0 Å². The molecule has 2 bridgehead atoms. The second kappa shape index (κ2) is 7.63. The quantitative estimate of drug-likeness (QED) is 0.565. The van der Waals surface area contributed by atoms with E-state index >= 15 is 0 Å².